The first-order valence-electron chi connectivity index (χ1n) is 7.40. The van der Waals surface area contributed by atoms with Crippen LogP contribution in [0.2, 0.25) is 0 Å². The van der Waals surface area contributed by atoms with E-state index in [1.54, 1.807) is 0 Å². The first-order valence-corrected chi connectivity index (χ1v) is 7.40. The van der Waals surface area contributed by atoms with E-state index in [0.29, 0.717) is 12.1 Å². The molecule has 1 atom stereocenters. The predicted molar refractivity (Wildman–Crippen MR) is 72.9 cm³/mol. The van der Waals surface area contributed by atoms with Crippen LogP contribution in [0, 0.1) is 5.92 Å². The standard InChI is InChI=1S/C14H28N2O2/c1-12(2)16-5-8-18-14(11-16)10-15-9-13-3-6-17-7-4-13/h12-15H,3-11H2,1-2H3. The molecule has 2 saturated heterocycles. The fourth-order valence-electron chi connectivity index (χ4n) is 2.73. The molecule has 106 valence electrons. The number of rotatable bonds is 5. The van der Waals surface area contributed by atoms with Crippen molar-refractivity contribution in [2.45, 2.75) is 38.8 Å². The van der Waals surface area contributed by atoms with Gasteiger partial charge in [-0.25, -0.2) is 0 Å². The zero-order valence-corrected chi connectivity index (χ0v) is 11.9. The van der Waals surface area contributed by atoms with Gasteiger partial charge in [0.15, 0.2) is 0 Å². The summed E-state index contributed by atoms with van der Waals surface area (Å²) in [6.45, 7) is 11.5. The highest BCUT2D eigenvalue weighted by Gasteiger charge is 2.22. The molecule has 0 radical (unpaired) electrons. The number of nitrogens with zero attached hydrogens (tertiary/aromatic N) is 1. The predicted octanol–water partition coefficient (Wildman–Crippen LogP) is 1.11. The minimum absolute atomic E-state index is 0.362. The number of ether oxygens (including phenoxy) is 2. The molecule has 0 amide bonds. The van der Waals surface area contributed by atoms with Crippen molar-refractivity contribution in [3.63, 3.8) is 0 Å². The first-order chi connectivity index (χ1) is 8.75. The number of hydrogen-bond acceptors (Lipinski definition) is 4. The second-order valence-corrected chi connectivity index (χ2v) is 5.80. The van der Waals surface area contributed by atoms with Gasteiger partial charge < -0.3 is 14.8 Å². The average Bonchev–Trinajstić information content (AvgIpc) is 2.40. The molecule has 0 aromatic heterocycles. The van der Waals surface area contributed by atoms with E-state index in [-0.39, 0.29) is 0 Å². The highest BCUT2D eigenvalue weighted by molar-refractivity contribution is 4.76. The van der Waals surface area contributed by atoms with E-state index >= 15 is 0 Å². The van der Waals surface area contributed by atoms with E-state index < -0.39 is 0 Å². The third-order valence-corrected chi connectivity index (χ3v) is 4.05. The summed E-state index contributed by atoms with van der Waals surface area (Å²) < 4.78 is 11.2. The summed E-state index contributed by atoms with van der Waals surface area (Å²) in [5.41, 5.74) is 0. The van der Waals surface area contributed by atoms with Crippen molar-refractivity contribution < 1.29 is 9.47 Å². The van der Waals surface area contributed by atoms with Crippen molar-refractivity contribution in [1.82, 2.24) is 10.2 Å². The van der Waals surface area contributed by atoms with Crippen LogP contribution in [0.4, 0.5) is 0 Å². The van der Waals surface area contributed by atoms with Crippen LogP contribution in [0.1, 0.15) is 26.7 Å². The molecule has 2 fully saturated rings. The minimum Gasteiger partial charge on any atom is -0.381 e. The number of nitrogens with one attached hydrogen (secondary N) is 1. The smallest absolute Gasteiger partial charge is 0.0826 e. The lowest BCUT2D eigenvalue weighted by atomic mass is 10.0. The Morgan fingerprint density at radius 2 is 1.94 bits per heavy atom. The molecule has 2 rings (SSSR count). The van der Waals surface area contributed by atoms with Crippen molar-refractivity contribution in [3.8, 4) is 0 Å². The van der Waals surface area contributed by atoms with Gasteiger partial charge in [-0.1, -0.05) is 0 Å². The van der Waals surface area contributed by atoms with Crippen LogP contribution >= 0.6 is 0 Å². The fraction of sp³-hybridized carbons (Fsp3) is 1.00. The van der Waals surface area contributed by atoms with Crippen LogP contribution < -0.4 is 5.32 Å². The molecular formula is C14H28N2O2. The van der Waals surface area contributed by atoms with Gasteiger partial charge in [0.1, 0.15) is 0 Å². The Labute approximate surface area is 111 Å². The molecule has 2 aliphatic heterocycles. The third-order valence-electron chi connectivity index (χ3n) is 4.05. The molecule has 0 saturated carbocycles. The minimum atomic E-state index is 0.362. The second kappa shape index (κ2) is 7.43. The SMILES string of the molecule is CC(C)N1CCOC(CNCC2CCOCC2)C1. The summed E-state index contributed by atoms with van der Waals surface area (Å²) in [5, 5.41) is 3.58. The van der Waals surface area contributed by atoms with E-state index in [2.05, 4.69) is 24.1 Å². The summed E-state index contributed by atoms with van der Waals surface area (Å²) in [5.74, 6) is 0.795. The summed E-state index contributed by atoms with van der Waals surface area (Å²) in [7, 11) is 0. The molecule has 4 heteroatoms. The summed E-state index contributed by atoms with van der Waals surface area (Å²) in [6, 6.07) is 0.631. The number of morpholine rings is 1. The fourth-order valence-corrected chi connectivity index (χ4v) is 2.73. The van der Waals surface area contributed by atoms with Gasteiger partial charge in [0, 0.05) is 38.9 Å². The van der Waals surface area contributed by atoms with E-state index in [1.165, 1.54) is 12.8 Å². The Morgan fingerprint density at radius 1 is 1.17 bits per heavy atom. The van der Waals surface area contributed by atoms with Gasteiger partial charge in [0.25, 0.3) is 0 Å². The normalized spacial score (nSPS) is 27.8. The lowest BCUT2D eigenvalue weighted by molar-refractivity contribution is -0.0378. The molecule has 4 nitrogen and oxygen atoms in total. The van der Waals surface area contributed by atoms with Crippen molar-refractivity contribution in [1.29, 1.82) is 0 Å². The lowest BCUT2D eigenvalue weighted by Gasteiger charge is -2.35. The van der Waals surface area contributed by atoms with Gasteiger partial charge in [0.2, 0.25) is 0 Å². The van der Waals surface area contributed by atoms with Crippen molar-refractivity contribution in [3.05, 3.63) is 0 Å². The molecule has 18 heavy (non-hydrogen) atoms. The molecule has 0 aromatic carbocycles. The van der Waals surface area contributed by atoms with Crippen molar-refractivity contribution >= 4 is 0 Å². The molecule has 2 aliphatic rings. The molecule has 0 aliphatic carbocycles. The second-order valence-electron chi connectivity index (χ2n) is 5.80. The molecule has 1 unspecified atom stereocenters. The Morgan fingerprint density at radius 3 is 2.67 bits per heavy atom. The quantitative estimate of drug-likeness (QED) is 0.799. The Bertz CT molecular complexity index is 230. The maximum atomic E-state index is 5.82. The zero-order chi connectivity index (χ0) is 12.8. The van der Waals surface area contributed by atoms with E-state index in [0.717, 1.165) is 51.9 Å². The molecule has 1 N–H and O–H groups in total. The Balaban J connectivity index is 1.60. The summed E-state index contributed by atoms with van der Waals surface area (Å²) >= 11 is 0. The van der Waals surface area contributed by atoms with Gasteiger partial charge in [-0.15, -0.1) is 0 Å². The van der Waals surface area contributed by atoms with E-state index in [9.17, 15) is 0 Å². The average molecular weight is 256 g/mol. The number of hydrogen-bond donors (Lipinski definition) is 1. The van der Waals surface area contributed by atoms with Crippen LogP contribution in [-0.2, 0) is 9.47 Å². The van der Waals surface area contributed by atoms with Gasteiger partial charge in [-0.05, 0) is 39.2 Å². The molecule has 0 aromatic rings. The van der Waals surface area contributed by atoms with E-state index in [4.69, 9.17) is 9.47 Å². The van der Waals surface area contributed by atoms with Gasteiger partial charge in [-0.3, -0.25) is 4.90 Å². The van der Waals surface area contributed by atoms with Gasteiger partial charge >= 0.3 is 0 Å². The zero-order valence-electron chi connectivity index (χ0n) is 11.9. The van der Waals surface area contributed by atoms with Crippen LogP contribution in [-0.4, -0.2) is 63.0 Å². The van der Waals surface area contributed by atoms with Crippen molar-refractivity contribution in [2.24, 2.45) is 5.92 Å². The van der Waals surface area contributed by atoms with Crippen LogP contribution in [0.25, 0.3) is 0 Å². The van der Waals surface area contributed by atoms with Crippen molar-refractivity contribution in [2.75, 3.05) is 46.0 Å². The van der Waals surface area contributed by atoms with E-state index in [1.807, 2.05) is 0 Å². The Kier molecular flexibility index (Phi) is 5.89. The summed E-state index contributed by atoms with van der Waals surface area (Å²) in [4.78, 5) is 2.50. The topological polar surface area (TPSA) is 33.7 Å². The van der Waals surface area contributed by atoms with Crippen LogP contribution in [0.15, 0.2) is 0 Å². The third kappa shape index (κ3) is 4.50. The lowest BCUT2D eigenvalue weighted by Crippen LogP contribution is -2.49. The molecule has 0 spiro atoms. The van der Waals surface area contributed by atoms with Gasteiger partial charge in [-0.2, -0.15) is 0 Å². The first kappa shape index (κ1) is 14.3. The largest absolute Gasteiger partial charge is 0.381 e. The maximum Gasteiger partial charge on any atom is 0.0826 e. The maximum absolute atomic E-state index is 5.82. The van der Waals surface area contributed by atoms with Gasteiger partial charge in [0.05, 0.1) is 12.7 Å². The molecule has 2 heterocycles. The van der Waals surface area contributed by atoms with Crippen LogP contribution in [0.5, 0.6) is 0 Å². The Hall–Kier alpha value is -0.160. The highest BCUT2D eigenvalue weighted by Crippen LogP contribution is 2.13. The summed E-state index contributed by atoms with van der Waals surface area (Å²) in [6.07, 6.45) is 2.77. The highest BCUT2D eigenvalue weighted by atomic mass is 16.5. The monoisotopic (exact) mass is 256 g/mol. The molecule has 0 bridgehead atoms. The van der Waals surface area contributed by atoms with Crippen LogP contribution in [0.3, 0.4) is 0 Å². The molecular weight excluding hydrogens is 228 g/mol.